The zero-order valence-electron chi connectivity index (χ0n) is 15.3. The van der Waals surface area contributed by atoms with Gasteiger partial charge in [0.2, 0.25) is 15.9 Å². The van der Waals surface area contributed by atoms with Gasteiger partial charge in [0.05, 0.1) is 11.5 Å². The standard InChI is InChI=1S/C19H24N2O4S2/c1-3-25-16-11-9-15(10-12-16)20-19(22)18(13-14-26-2)21-27(23,24)17-7-5-4-6-8-17/h4-12,18,21H,3,13-14H2,1-2H3,(H,20,22)/t18-/m1/s1. The van der Waals surface area contributed by atoms with Gasteiger partial charge in [0, 0.05) is 5.69 Å². The van der Waals surface area contributed by atoms with Gasteiger partial charge in [-0.15, -0.1) is 0 Å². The van der Waals surface area contributed by atoms with Crippen molar-refractivity contribution in [3.05, 3.63) is 54.6 Å². The molecule has 0 aliphatic carbocycles. The fourth-order valence-electron chi connectivity index (χ4n) is 2.36. The molecule has 0 unspecified atom stereocenters. The SMILES string of the molecule is CCOc1ccc(NC(=O)[C@@H](CCSC)NS(=O)(=O)c2ccccc2)cc1. The van der Waals surface area contributed by atoms with E-state index in [1.165, 1.54) is 12.1 Å². The topological polar surface area (TPSA) is 84.5 Å². The van der Waals surface area contributed by atoms with Crippen LogP contribution in [-0.2, 0) is 14.8 Å². The average molecular weight is 409 g/mol. The van der Waals surface area contributed by atoms with Crippen molar-refractivity contribution < 1.29 is 17.9 Å². The predicted octanol–water partition coefficient (Wildman–Crippen LogP) is 3.12. The average Bonchev–Trinajstić information content (AvgIpc) is 2.67. The number of benzene rings is 2. The predicted molar refractivity (Wildman–Crippen MR) is 110 cm³/mol. The van der Waals surface area contributed by atoms with Crippen LogP contribution in [0.2, 0.25) is 0 Å². The number of anilines is 1. The first-order valence-corrected chi connectivity index (χ1v) is 11.4. The number of ether oxygens (including phenoxy) is 1. The van der Waals surface area contributed by atoms with Crippen LogP contribution in [0, 0.1) is 0 Å². The lowest BCUT2D eigenvalue weighted by Gasteiger charge is -2.18. The van der Waals surface area contributed by atoms with Gasteiger partial charge in [-0.1, -0.05) is 18.2 Å². The Balaban J connectivity index is 2.11. The van der Waals surface area contributed by atoms with Crippen molar-refractivity contribution in [3.63, 3.8) is 0 Å². The molecule has 0 aliphatic heterocycles. The number of carbonyl (C=O) groups is 1. The first-order valence-electron chi connectivity index (χ1n) is 8.56. The Bertz CT molecular complexity index is 825. The van der Waals surface area contributed by atoms with E-state index in [1.54, 1.807) is 54.2 Å². The van der Waals surface area contributed by atoms with Gasteiger partial charge in [0.25, 0.3) is 0 Å². The van der Waals surface area contributed by atoms with Crippen LogP contribution in [0.3, 0.4) is 0 Å². The minimum atomic E-state index is -3.78. The summed E-state index contributed by atoms with van der Waals surface area (Å²) < 4.78 is 33.0. The monoisotopic (exact) mass is 408 g/mol. The molecule has 0 saturated carbocycles. The summed E-state index contributed by atoms with van der Waals surface area (Å²) in [5.74, 6) is 0.963. The summed E-state index contributed by atoms with van der Waals surface area (Å²) in [6.45, 7) is 2.45. The van der Waals surface area contributed by atoms with Crippen molar-refractivity contribution in [3.8, 4) is 5.75 Å². The zero-order valence-corrected chi connectivity index (χ0v) is 17.0. The summed E-state index contributed by atoms with van der Waals surface area (Å²) in [6, 6.07) is 14.1. The summed E-state index contributed by atoms with van der Waals surface area (Å²) in [7, 11) is -3.78. The molecule has 0 bridgehead atoms. The Morgan fingerprint density at radius 1 is 1.11 bits per heavy atom. The molecule has 2 rings (SSSR count). The highest BCUT2D eigenvalue weighted by Gasteiger charge is 2.25. The van der Waals surface area contributed by atoms with Crippen LogP contribution in [0.15, 0.2) is 59.5 Å². The number of carbonyl (C=O) groups excluding carboxylic acids is 1. The number of amides is 1. The molecule has 0 aliphatic rings. The highest BCUT2D eigenvalue weighted by Crippen LogP contribution is 2.17. The van der Waals surface area contributed by atoms with Crippen molar-refractivity contribution in [1.82, 2.24) is 4.72 Å². The Labute approximate surface area is 164 Å². The van der Waals surface area contributed by atoms with E-state index in [9.17, 15) is 13.2 Å². The second-order valence-electron chi connectivity index (χ2n) is 5.72. The van der Waals surface area contributed by atoms with E-state index in [-0.39, 0.29) is 4.90 Å². The third kappa shape index (κ3) is 6.57. The number of hydrogen-bond donors (Lipinski definition) is 2. The van der Waals surface area contributed by atoms with Gasteiger partial charge in [0.1, 0.15) is 11.8 Å². The normalized spacial score (nSPS) is 12.4. The van der Waals surface area contributed by atoms with Gasteiger partial charge in [-0.2, -0.15) is 16.5 Å². The molecular formula is C19H24N2O4S2. The highest BCUT2D eigenvalue weighted by molar-refractivity contribution is 7.98. The molecule has 2 N–H and O–H groups in total. The Morgan fingerprint density at radius 3 is 2.37 bits per heavy atom. The Hall–Kier alpha value is -2.03. The molecule has 8 heteroatoms. The molecule has 0 spiro atoms. The number of hydrogen-bond acceptors (Lipinski definition) is 5. The fourth-order valence-corrected chi connectivity index (χ4v) is 4.09. The zero-order chi connectivity index (χ0) is 19.7. The first-order chi connectivity index (χ1) is 13.0. The van der Waals surface area contributed by atoms with Gasteiger partial charge >= 0.3 is 0 Å². The molecule has 2 aromatic carbocycles. The van der Waals surface area contributed by atoms with Crippen LogP contribution >= 0.6 is 11.8 Å². The van der Waals surface area contributed by atoms with Gasteiger partial charge in [-0.05, 0) is 61.8 Å². The van der Waals surface area contributed by atoms with Crippen molar-refractivity contribution in [2.45, 2.75) is 24.3 Å². The van der Waals surface area contributed by atoms with Crippen molar-refractivity contribution in [2.24, 2.45) is 0 Å². The molecule has 6 nitrogen and oxygen atoms in total. The van der Waals surface area contributed by atoms with Crippen LogP contribution in [0.1, 0.15) is 13.3 Å². The maximum atomic E-state index is 12.7. The summed E-state index contributed by atoms with van der Waals surface area (Å²) in [6.07, 6.45) is 2.29. The summed E-state index contributed by atoms with van der Waals surface area (Å²) in [4.78, 5) is 12.8. The molecule has 0 saturated heterocycles. The Morgan fingerprint density at radius 2 is 1.78 bits per heavy atom. The summed E-state index contributed by atoms with van der Waals surface area (Å²) in [5.41, 5.74) is 0.580. The molecule has 146 valence electrons. The molecule has 1 amide bonds. The van der Waals surface area contributed by atoms with Crippen LogP contribution in [0.5, 0.6) is 5.75 Å². The third-order valence-corrected chi connectivity index (χ3v) is 5.84. The van der Waals surface area contributed by atoms with Crippen LogP contribution < -0.4 is 14.8 Å². The fraction of sp³-hybridized carbons (Fsp3) is 0.316. The van der Waals surface area contributed by atoms with Gasteiger partial charge in [0.15, 0.2) is 0 Å². The van der Waals surface area contributed by atoms with Gasteiger partial charge in [-0.3, -0.25) is 4.79 Å². The van der Waals surface area contributed by atoms with Crippen molar-refractivity contribution >= 4 is 33.4 Å². The first kappa shape index (κ1) is 21.3. The maximum absolute atomic E-state index is 12.7. The van der Waals surface area contributed by atoms with Crippen molar-refractivity contribution in [1.29, 1.82) is 0 Å². The maximum Gasteiger partial charge on any atom is 0.242 e. The number of nitrogens with one attached hydrogen (secondary N) is 2. The van der Waals surface area contributed by atoms with E-state index in [0.717, 1.165) is 0 Å². The molecule has 0 heterocycles. The van der Waals surface area contributed by atoms with E-state index in [1.807, 2.05) is 13.2 Å². The quantitative estimate of drug-likeness (QED) is 0.631. The number of thioether (sulfide) groups is 1. The summed E-state index contributed by atoms with van der Waals surface area (Å²) in [5, 5.41) is 2.76. The summed E-state index contributed by atoms with van der Waals surface area (Å²) >= 11 is 1.55. The van der Waals surface area contributed by atoms with E-state index < -0.39 is 22.0 Å². The molecule has 0 fully saturated rings. The lowest BCUT2D eigenvalue weighted by Crippen LogP contribution is -2.44. The lowest BCUT2D eigenvalue weighted by molar-refractivity contribution is -0.117. The molecular weight excluding hydrogens is 384 g/mol. The molecule has 0 aromatic heterocycles. The smallest absolute Gasteiger partial charge is 0.242 e. The molecule has 2 aromatic rings. The van der Waals surface area contributed by atoms with Crippen LogP contribution in [0.4, 0.5) is 5.69 Å². The van der Waals surface area contributed by atoms with Gasteiger partial charge in [-0.25, -0.2) is 8.42 Å². The second kappa shape index (κ2) is 10.3. The third-order valence-electron chi connectivity index (χ3n) is 3.71. The number of rotatable bonds is 10. The largest absolute Gasteiger partial charge is 0.494 e. The minimum absolute atomic E-state index is 0.132. The van der Waals surface area contributed by atoms with Gasteiger partial charge < -0.3 is 10.1 Å². The van der Waals surface area contributed by atoms with E-state index in [4.69, 9.17) is 4.74 Å². The van der Waals surface area contributed by atoms with E-state index >= 15 is 0 Å². The molecule has 0 radical (unpaired) electrons. The molecule has 1 atom stereocenters. The number of sulfonamides is 1. The highest BCUT2D eigenvalue weighted by atomic mass is 32.2. The lowest BCUT2D eigenvalue weighted by atomic mass is 10.2. The Kier molecular flexibility index (Phi) is 8.15. The van der Waals surface area contributed by atoms with E-state index in [2.05, 4.69) is 10.0 Å². The second-order valence-corrected chi connectivity index (χ2v) is 8.41. The minimum Gasteiger partial charge on any atom is -0.494 e. The molecule has 27 heavy (non-hydrogen) atoms. The van der Waals surface area contributed by atoms with Crippen LogP contribution in [0.25, 0.3) is 0 Å². The van der Waals surface area contributed by atoms with E-state index in [0.29, 0.717) is 30.2 Å². The van der Waals surface area contributed by atoms with Crippen LogP contribution in [-0.4, -0.2) is 39.0 Å². The van der Waals surface area contributed by atoms with Crippen molar-refractivity contribution in [2.75, 3.05) is 23.9 Å².